The van der Waals surface area contributed by atoms with Gasteiger partial charge in [0, 0.05) is 6.42 Å². The molecule has 17 heavy (non-hydrogen) atoms. The summed E-state index contributed by atoms with van der Waals surface area (Å²) >= 11 is 0. The first kappa shape index (κ1) is 14.7. The fourth-order valence-corrected chi connectivity index (χ4v) is 4.01. The number of hydrogen-bond donors (Lipinski definition) is 0. The van der Waals surface area contributed by atoms with Crippen LogP contribution in [0.1, 0.15) is 57.8 Å². The first-order chi connectivity index (χ1) is 8.14. The lowest BCUT2D eigenvalue weighted by Gasteiger charge is -2.21. The molecule has 4 heteroatoms. The quantitative estimate of drug-likeness (QED) is 0.498. The average Bonchev–Trinajstić information content (AvgIpc) is 2.30. The van der Waals surface area contributed by atoms with E-state index < -0.39 is 9.84 Å². The fraction of sp³-hybridized carbons (Fsp3) is 0.923. The second kappa shape index (κ2) is 7.85. The van der Waals surface area contributed by atoms with Crippen molar-refractivity contribution in [1.82, 2.24) is 0 Å². The van der Waals surface area contributed by atoms with Crippen LogP contribution in [0.3, 0.4) is 0 Å². The summed E-state index contributed by atoms with van der Waals surface area (Å²) in [7, 11) is -2.69. The van der Waals surface area contributed by atoms with Gasteiger partial charge in [0.25, 0.3) is 0 Å². The lowest BCUT2D eigenvalue weighted by molar-refractivity contribution is -0.107. The molecule has 0 spiro atoms. The zero-order valence-electron chi connectivity index (χ0n) is 10.6. The van der Waals surface area contributed by atoms with E-state index in [-0.39, 0.29) is 0 Å². The average molecular weight is 260 g/mol. The summed E-state index contributed by atoms with van der Waals surface area (Å²) in [5.41, 5.74) is 0. The summed E-state index contributed by atoms with van der Waals surface area (Å²) in [4.78, 5) is 10.1. The topological polar surface area (TPSA) is 51.2 Å². The molecule has 100 valence electrons. The standard InChI is InChI=1S/C13H24O3S/c14-10-6-4-2-1-3-5-7-13-8-11-17(15,16)12-9-13/h10,13H,1-9,11-12H2. The Bertz CT molecular complexity index is 295. The second-order valence-electron chi connectivity index (χ2n) is 5.11. The minimum Gasteiger partial charge on any atom is -0.303 e. The third-order valence-corrected chi connectivity index (χ3v) is 5.32. The molecule has 0 amide bonds. The van der Waals surface area contributed by atoms with Gasteiger partial charge in [0.2, 0.25) is 0 Å². The molecule has 0 atom stereocenters. The molecule has 1 fully saturated rings. The molecule has 1 heterocycles. The Morgan fingerprint density at radius 3 is 2.18 bits per heavy atom. The van der Waals surface area contributed by atoms with Crippen LogP contribution >= 0.6 is 0 Å². The molecule has 1 saturated heterocycles. The van der Waals surface area contributed by atoms with Crippen molar-refractivity contribution in [3.63, 3.8) is 0 Å². The number of rotatable bonds is 8. The Labute approximate surface area is 105 Å². The van der Waals surface area contributed by atoms with Crippen LogP contribution in [0.5, 0.6) is 0 Å². The Kier molecular flexibility index (Phi) is 6.78. The van der Waals surface area contributed by atoms with Crippen LogP contribution in [0, 0.1) is 5.92 Å². The molecular formula is C13H24O3S. The zero-order chi connectivity index (χ0) is 12.6. The number of unbranched alkanes of at least 4 members (excludes halogenated alkanes) is 5. The Morgan fingerprint density at radius 1 is 0.941 bits per heavy atom. The molecule has 0 radical (unpaired) electrons. The summed E-state index contributed by atoms with van der Waals surface area (Å²) in [6.07, 6.45) is 10.4. The van der Waals surface area contributed by atoms with E-state index in [2.05, 4.69) is 0 Å². The van der Waals surface area contributed by atoms with Crippen molar-refractivity contribution in [3.8, 4) is 0 Å². The van der Waals surface area contributed by atoms with Gasteiger partial charge < -0.3 is 4.79 Å². The number of aldehydes is 1. The maximum absolute atomic E-state index is 11.2. The van der Waals surface area contributed by atoms with Crippen LogP contribution in [0.4, 0.5) is 0 Å². The van der Waals surface area contributed by atoms with Gasteiger partial charge in [0.1, 0.15) is 16.1 Å². The molecule has 3 nitrogen and oxygen atoms in total. The van der Waals surface area contributed by atoms with E-state index in [0.717, 1.165) is 32.0 Å². The van der Waals surface area contributed by atoms with Gasteiger partial charge in [0.15, 0.2) is 0 Å². The van der Waals surface area contributed by atoms with Crippen LogP contribution in [0.25, 0.3) is 0 Å². The number of carbonyl (C=O) groups excluding carboxylic acids is 1. The zero-order valence-corrected chi connectivity index (χ0v) is 11.4. The molecule has 0 bridgehead atoms. The van der Waals surface area contributed by atoms with E-state index in [9.17, 15) is 13.2 Å². The van der Waals surface area contributed by atoms with Gasteiger partial charge in [-0.05, 0) is 25.2 Å². The van der Waals surface area contributed by atoms with Crippen LogP contribution in [-0.2, 0) is 14.6 Å². The summed E-state index contributed by atoms with van der Waals surface area (Å²) in [6.45, 7) is 0. The predicted octanol–water partition coefficient (Wildman–Crippen LogP) is 2.74. The van der Waals surface area contributed by atoms with Gasteiger partial charge in [-0.1, -0.05) is 32.1 Å². The third kappa shape index (κ3) is 6.81. The van der Waals surface area contributed by atoms with Crippen molar-refractivity contribution < 1.29 is 13.2 Å². The minimum absolute atomic E-state index is 0.400. The SMILES string of the molecule is O=CCCCCCCCC1CCS(=O)(=O)CC1. The van der Waals surface area contributed by atoms with E-state index in [0.29, 0.717) is 23.8 Å². The van der Waals surface area contributed by atoms with Crippen molar-refractivity contribution in [3.05, 3.63) is 0 Å². The highest BCUT2D eigenvalue weighted by atomic mass is 32.2. The van der Waals surface area contributed by atoms with Crippen molar-refractivity contribution in [2.45, 2.75) is 57.8 Å². The van der Waals surface area contributed by atoms with Crippen LogP contribution in [-0.4, -0.2) is 26.2 Å². The number of sulfone groups is 1. The highest BCUT2D eigenvalue weighted by Crippen LogP contribution is 2.24. The first-order valence-corrected chi connectivity index (χ1v) is 8.60. The maximum Gasteiger partial charge on any atom is 0.150 e. The minimum atomic E-state index is -2.69. The van der Waals surface area contributed by atoms with E-state index >= 15 is 0 Å². The Hall–Kier alpha value is -0.380. The van der Waals surface area contributed by atoms with E-state index in [1.165, 1.54) is 25.7 Å². The molecule has 0 aromatic carbocycles. The largest absolute Gasteiger partial charge is 0.303 e. The number of hydrogen-bond acceptors (Lipinski definition) is 3. The van der Waals surface area contributed by atoms with E-state index in [1.54, 1.807) is 0 Å². The third-order valence-electron chi connectivity index (χ3n) is 3.61. The lowest BCUT2D eigenvalue weighted by Crippen LogP contribution is -2.23. The number of carbonyl (C=O) groups is 1. The molecule has 1 rings (SSSR count). The summed E-state index contributed by atoms with van der Waals surface area (Å²) in [5, 5.41) is 0. The van der Waals surface area contributed by atoms with Crippen LogP contribution in [0.2, 0.25) is 0 Å². The van der Waals surface area contributed by atoms with Crippen LogP contribution < -0.4 is 0 Å². The molecule has 1 aliphatic heterocycles. The van der Waals surface area contributed by atoms with Gasteiger partial charge in [-0.2, -0.15) is 0 Å². The van der Waals surface area contributed by atoms with Gasteiger partial charge >= 0.3 is 0 Å². The molecule has 0 N–H and O–H groups in total. The molecule has 0 saturated carbocycles. The smallest absolute Gasteiger partial charge is 0.150 e. The molecule has 0 aliphatic carbocycles. The van der Waals surface area contributed by atoms with Gasteiger partial charge in [-0.25, -0.2) is 8.42 Å². The predicted molar refractivity (Wildman–Crippen MR) is 69.8 cm³/mol. The van der Waals surface area contributed by atoms with Gasteiger partial charge in [-0.15, -0.1) is 0 Å². The molecule has 0 unspecified atom stereocenters. The van der Waals surface area contributed by atoms with Gasteiger partial charge in [0.05, 0.1) is 11.5 Å². The fourth-order valence-electron chi connectivity index (χ4n) is 2.42. The first-order valence-electron chi connectivity index (χ1n) is 6.78. The summed E-state index contributed by atoms with van der Waals surface area (Å²) < 4.78 is 22.5. The van der Waals surface area contributed by atoms with Crippen LogP contribution in [0.15, 0.2) is 0 Å². The molecule has 1 aliphatic rings. The summed E-state index contributed by atoms with van der Waals surface area (Å²) in [6, 6.07) is 0. The summed E-state index contributed by atoms with van der Waals surface area (Å²) in [5.74, 6) is 1.43. The normalized spacial score (nSPS) is 20.2. The van der Waals surface area contributed by atoms with Crippen molar-refractivity contribution in [2.75, 3.05) is 11.5 Å². The van der Waals surface area contributed by atoms with Crippen molar-refractivity contribution in [2.24, 2.45) is 5.92 Å². The lowest BCUT2D eigenvalue weighted by atomic mass is 9.95. The van der Waals surface area contributed by atoms with Crippen molar-refractivity contribution in [1.29, 1.82) is 0 Å². The van der Waals surface area contributed by atoms with Gasteiger partial charge in [-0.3, -0.25) is 0 Å². The van der Waals surface area contributed by atoms with E-state index in [1.807, 2.05) is 0 Å². The highest BCUT2D eigenvalue weighted by Gasteiger charge is 2.22. The monoisotopic (exact) mass is 260 g/mol. The molecule has 0 aromatic heterocycles. The van der Waals surface area contributed by atoms with Crippen molar-refractivity contribution >= 4 is 16.1 Å². The molecule has 0 aromatic rings. The highest BCUT2D eigenvalue weighted by molar-refractivity contribution is 7.91. The Morgan fingerprint density at radius 2 is 1.53 bits per heavy atom. The van der Waals surface area contributed by atoms with E-state index in [4.69, 9.17) is 0 Å². The Balaban J connectivity index is 1.95. The second-order valence-corrected chi connectivity index (χ2v) is 7.41. The molecular weight excluding hydrogens is 236 g/mol. The maximum atomic E-state index is 11.2.